The Balaban J connectivity index is 1.50. The highest BCUT2D eigenvalue weighted by atomic mass is 32.1. The van der Waals surface area contributed by atoms with E-state index in [1.165, 1.54) is 28.2 Å². The lowest BCUT2D eigenvalue weighted by Gasteiger charge is -2.40. The zero-order chi connectivity index (χ0) is 22.9. The lowest BCUT2D eigenvalue weighted by molar-refractivity contribution is 0.210. The minimum absolute atomic E-state index is 0.0730. The molecule has 4 aromatic rings. The van der Waals surface area contributed by atoms with Crippen molar-refractivity contribution in [3.63, 3.8) is 0 Å². The number of aromatic nitrogens is 3. The first-order chi connectivity index (χ1) is 16.1. The Labute approximate surface area is 194 Å². The molecule has 0 aliphatic carbocycles. The molecule has 1 aliphatic heterocycles. The van der Waals surface area contributed by atoms with E-state index in [2.05, 4.69) is 19.9 Å². The minimum Gasteiger partial charge on any atom is -0.493 e. The van der Waals surface area contributed by atoms with Gasteiger partial charge in [-0.05, 0) is 29.8 Å². The number of aromatic hydroxyl groups is 1. The topological polar surface area (TPSA) is 75.4 Å². The molecule has 1 aliphatic rings. The molecule has 1 atom stereocenters. The van der Waals surface area contributed by atoms with Crippen LogP contribution in [0.3, 0.4) is 0 Å². The number of hydrogen-bond acceptors (Lipinski definition) is 8. The molecular weight excluding hydrogens is 445 g/mol. The Kier molecular flexibility index (Phi) is 5.77. The number of fused-ring (bicyclic) bond motifs is 1. The van der Waals surface area contributed by atoms with E-state index in [1.807, 2.05) is 30.3 Å². The number of halogens is 1. The summed E-state index contributed by atoms with van der Waals surface area (Å²) in [5.74, 6) is 1.11. The first kappa shape index (κ1) is 21.5. The number of benzene rings is 2. The summed E-state index contributed by atoms with van der Waals surface area (Å²) in [6.45, 7) is 2.68. The molecule has 1 fully saturated rings. The largest absolute Gasteiger partial charge is 0.493 e. The van der Waals surface area contributed by atoms with Crippen molar-refractivity contribution in [3.05, 3.63) is 65.0 Å². The fourth-order valence-electron chi connectivity index (χ4n) is 4.35. The maximum atomic E-state index is 14.3. The van der Waals surface area contributed by atoms with Gasteiger partial charge in [-0.2, -0.15) is 9.61 Å². The molecule has 2 aromatic heterocycles. The Morgan fingerprint density at radius 1 is 1.03 bits per heavy atom. The summed E-state index contributed by atoms with van der Waals surface area (Å²) in [4.78, 5) is 9.95. The molecule has 1 N–H and O–H groups in total. The van der Waals surface area contributed by atoms with E-state index in [0.717, 1.165) is 10.4 Å². The van der Waals surface area contributed by atoms with Gasteiger partial charge in [0.2, 0.25) is 10.8 Å². The fraction of sp³-hybridized carbons (Fsp3) is 0.304. The summed E-state index contributed by atoms with van der Waals surface area (Å²) in [5.41, 5.74) is 1.56. The van der Waals surface area contributed by atoms with Crippen LogP contribution >= 0.6 is 11.3 Å². The average Bonchev–Trinajstić information content (AvgIpc) is 3.43. The fourth-order valence-corrected chi connectivity index (χ4v) is 5.44. The van der Waals surface area contributed by atoms with Gasteiger partial charge in [-0.1, -0.05) is 29.5 Å². The number of hydrogen-bond donors (Lipinski definition) is 1. The van der Waals surface area contributed by atoms with E-state index in [-0.39, 0.29) is 17.7 Å². The van der Waals surface area contributed by atoms with Crippen molar-refractivity contribution in [2.75, 3.05) is 45.3 Å². The third-order valence-electron chi connectivity index (χ3n) is 5.98. The van der Waals surface area contributed by atoms with Crippen molar-refractivity contribution in [1.82, 2.24) is 19.5 Å². The van der Waals surface area contributed by atoms with Gasteiger partial charge in [-0.15, -0.1) is 0 Å². The van der Waals surface area contributed by atoms with Crippen molar-refractivity contribution < 1.29 is 19.0 Å². The maximum absolute atomic E-state index is 14.3. The lowest BCUT2D eigenvalue weighted by atomic mass is 10.0. The van der Waals surface area contributed by atoms with Crippen LogP contribution in [0.5, 0.6) is 17.4 Å². The van der Waals surface area contributed by atoms with Crippen molar-refractivity contribution >= 4 is 22.0 Å². The molecule has 0 bridgehead atoms. The molecule has 10 heteroatoms. The molecule has 0 amide bonds. The lowest BCUT2D eigenvalue weighted by Crippen LogP contribution is -2.48. The molecular formula is C23H24FN5O3S. The van der Waals surface area contributed by atoms with Crippen molar-refractivity contribution in [2.24, 2.45) is 0 Å². The van der Waals surface area contributed by atoms with Crippen LogP contribution in [0, 0.1) is 5.82 Å². The van der Waals surface area contributed by atoms with Crippen molar-refractivity contribution in [3.8, 4) is 17.4 Å². The second-order valence-corrected chi connectivity index (χ2v) is 8.74. The summed E-state index contributed by atoms with van der Waals surface area (Å²) in [5, 5.41) is 15.1. The van der Waals surface area contributed by atoms with Gasteiger partial charge in [-0.3, -0.25) is 4.90 Å². The number of piperazine rings is 1. The maximum Gasteiger partial charge on any atom is 0.230 e. The van der Waals surface area contributed by atoms with E-state index in [9.17, 15) is 9.50 Å². The van der Waals surface area contributed by atoms with Gasteiger partial charge in [0, 0.05) is 26.2 Å². The summed E-state index contributed by atoms with van der Waals surface area (Å²) in [6.07, 6.45) is 1.42. The Bertz CT molecular complexity index is 1270. The quantitative estimate of drug-likeness (QED) is 0.463. The van der Waals surface area contributed by atoms with E-state index in [4.69, 9.17) is 9.47 Å². The van der Waals surface area contributed by atoms with Gasteiger partial charge in [0.25, 0.3) is 0 Å². The van der Waals surface area contributed by atoms with Gasteiger partial charge in [0.05, 0.1) is 30.8 Å². The van der Waals surface area contributed by atoms with Crippen LogP contribution in [0.15, 0.2) is 48.8 Å². The van der Waals surface area contributed by atoms with Crippen LogP contribution in [-0.4, -0.2) is 65.0 Å². The van der Waals surface area contributed by atoms with E-state index < -0.39 is 0 Å². The highest BCUT2D eigenvalue weighted by Crippen LogP contribution is 2.42. The van der Waals surface area contributed by atoms with Gasteiger partial charge in [0.1, 0.15) is 12.1 Å². The molecule has 0 saturated carbocycles. The van der Waals surface area contributed by atoms with Gasteiger partial charge < -0.3 is 19.5 Å². The third-order valence-corrected chi connectivity index (χ3v) is 7.07. The molecule has 0 radical (unpaired) electrons. The van der Waals surface area contributed by atoms with Crippen LogP contribution in [0.4, 0.5) is 10.1 Å². The Hall–Kier alpha value is -3.37. The number of rotatable bonds is 6. The predicted molar refractivity (Wildman–Crippen MR) is 124 cm³/mol. The molecule has 0 spiro atoms. The van der Waals surface area contributed by atoms with E-state index in [1.54, 1.807) is 20.3 Å². The minimum atomic E-state index is -0.249. The summed E-state index contributed by atoms with van der Waals surface area (Å²) in [7, 11) is 3.20. The number of nitrogens with zero attached hydrogens (tertiary/aromatic N) is 5. The van der Waals surface area contributed by atoms with Crippen LogP contribution in [0.25, 0.3) is 4.96 Å². The molecule has 33 heavy (non-hydrogen) atoms. The standard InChI is InChI=1S/C23H24FN5O3S/c1-31-18-8-7-15(13-19(18)32-2)20(21-22(30)29-23(33-21)25-14-26-29)28-11-9-27(10-12-28)17-6-4-3-5-16(17)24/h3-8,13-14,20,30H,9-12H2,1-2H3/t20-/m0/s1. The molecule has 1 saturated heterocycles. The monoisotopic (exact) mass is 469 g/mol. The van der Waals surface area contributed by atoms with Crippen LogP contribution in [-0.2, 0) is 0 Å². The second-order valence-electron chi connectivity index (χ2n) is 7.74. The second kappa shape index (κ2) is 8.87. The van der Waals surface area contributed by atoms with Gasteiger partial charge in [0.15, 0.2) is 11.5 Å². The summed E-state index contributed by atoms with van der Waals surface area (Å²) >= 11 is 1.40. The highest BCUT2D eigenvalue weighted by Gasteiger charge is 2.32. The molecule has 8 nitrogen and oxygen atoms in total. The molecule has 172 valence electrons. The number of methoxy groups -OCH3 is 2. The van der Waals surface area contributed by atoms with Gasteiger partial charge >= 0.3 is 0 Å². The average molecular weight is 470 g/mol. The normalized spacial score (nSPS) is 15.7. The molecule has 2 aromatic carbocycles. The molecule has 0 unspecified atom stereocenters. The van der Waals surface area contributed by atoms with Crippen molar-refractivity contribution in [2.45, 2.75) is 6.04 Å². The SMILES string of the molecule is COc1ccc([C@@H](c2sc3ncnn3c2O)N2CCN(c3ccccc3F)CC2)cc1OC. The Morgan fingerprint density at radius 2 is 1.79 bits per heavy atom. The zero-order valence-corrected chi connectivity index (χ0v) is 19.1. The van der Waals surface area contributed by atoms with Crippen molar-refractivity contribution in [1.29, 1.82) is 0 Å². The molecule has 5 rings (SSSR count). The predicted octanol–water partition coefficient (Wildman–Crippen LogP) is 3.56. The smallest absolute Gasteiger partial charge is 0.230 e. The number of para-hydroxylation sites is 1. The van der Waals surface area contributed by atoms with Crippen LogP contribution in [0.1, 0.15) is 16.5 Å². The number of thiazole rings is 1. The summed E-state index contributed by atoms with van der Waals surface area (Å²) in [6, 6.07) is 12.4. The number of anilines is 1. The summed E-state index contributed by atoms with van der Waals surface area (Å²) < 4.78 is 26.7. The Morgan fingerprint density at radius 3 is 2.48 bits per heavy atom. The van der Waals surface area contributed by atoms with E-state index >= 15 is 0 Å². The first-order valence-corrected chi connectivity index (χ1v) is 11.4. The third kappa shape index (κ3) is 3.85. The van der Waals surface area contributed by atoms with E-state index in [0.29, 0.717) is 48.3 Å². The van der Waals surface area contributed by atoms with Gasteiger partial charge in [-0.25, -0.2) is 9.37 Å². The molecule has 3 heterocycles. The number of ether oxygens (including phenoxy) is 2. The highest BCUT2D eigenvalue weighted by molar-refractivity contribution is 7.17. The van der Waals surface area contributed by atoms with Crippen LogP contribution < -0.4 is 14.4 Å². The first-order valence-electron chi connectivity index (χ1n) is 10.6. The zero-order valence-electron chi connectivity index (χ0n) is 18.3. The van der Waals surface area contributed by atoms with Crippen LogP contribution in [0.2, 0.25) is 0 Å².